The number of nitrogens with zero attached hydrogens (tertiary/aromatic N) is 1. The van der Waals surface area contributed by atoms with E-state index in [2.05, 4.69) is 4.74 Å². The first-order valence-electron chi connectivity index (χ1n) is 5.96. The van der Waals surface area contributed by atoms with E-state index >= 15 is 0 Å². The highest BCUT2D eigenvalue weighted by Crippen LogP contribution is 2.25. The zero-order valence-corrected chi connectivity index (χ0v) is 12.6. The summed E-state index contributed by atoms with van der Waals surface area (Å²) in [6, 6.07) is 8.21. The first kappa shape index (κ1) is 15.4. The average Bonchev–Trinajstić information content (AvgIpc) is 2.92. The number of aromatic nitrogens is 1. The van der Waals surface area contributed by atoms with Crippen LogP contribution in [0.4, 0.5) is 0 Å². The van der Waals surface area contributed by atoms with Gasteiger partial charge < -0.3 is 4.74 Å². The van der Waals surface area contributed by atoms with Gasteiger partial charge in [0.1, 0.15) is 0 Å². The molecule has 1 aromatic heterocycles. The van der Waals surface area contributed by atoms with Crippen LogP contribution in [0.15, 0.2) is 42.6 Å². The molecule has 0 aliphatic carbocycles. The largest absolute Gasteiger partial charge is 0.466 e. The topological polar surface area (TPSA) is 48.3 Å². The number of hydrogen-bond donors (Lipinski definition) is 0. The lowest BCUT2D eigenvalue weighted by Crippen LogP contribution is -2.13. The van der Waals surface area contributed by atoms with Gasteiger partial charge in [0, 0.05) is 18.0 Å². The molecule has 1 aromatic carbocycles. The molecule has 0 fully saturated rings. The summed E-state index contributed by atoms with van der Waals surface area (Å²) in [5.74, 6) is -0.883. The molecule has 108 valence electrons. The molecule has 0 amide bonds. The Morgan fingerprint density at radius 3 is 2.43 bits per heavy atom. The van der Waals surface area contributed by atoms with Crippen molar-refractivity contribution in [2.45, 2.75) is 0 Å². The van der Waals surface area contributed by atoms with Gasteiger partial charge in [0.2, 0.25) is 0 Å². The molecule has 4 nitrogen and oxygen atoms in total. The number of carbonyl (C=O) groups is 2. The molecule has 0 N–H and O–H groups in total. The summed E-state index contributed by atoms with van der Waals surface area (Å²) in [7, 11) is 1.28. The number of hydrogen-bond acceptors (Lipinski definition) is 3. The van der Waals surface area contributed by atoms with Crippen molar-refractivity contribution >= 4 is 41.2 Å². The fraction of sp³-hybridized carbons (Fsp3) is 0.0667. The van der Waals surface area contributed by atoms with Crippen molar-refractivity contribution in [3.05, 3.63) is 63.9 Å². The van der Waals surface area contributed by atoms with Crippen LogP contribution in [0.5, 0.6) is 0 Å². The smallest absolute Gasteiger partial charge is 0.330 e. The second-order valence-corrected chi connectivity index (χ2v) is 4.88. The van der Waals surface area contributed by atoms with Gasteiger partial charge >= 0.3 is 5.97 Å². The number of carbonyl (C=O) groups excluding carboxylic acids is 2. The summed E-state index contributed by atoms with van der Waals surface area (Å²) < 4.78 is 5.86. The summed E-state index contributed by atoms with van der Waals surface area (Å²) >= 11 is 12.1. The first-order valence-corrected chi connectivity index (χ1v) is 6.72. The second-order valence-electron chi connectivity index (χ2n) is 4.06. The highest BCUT2D eigenvalue weighted by molar-refractivity contribution is 6.39. The van der Waals surface area contributed by atoms with Gasteiger partial charge in [-0.1, -0.05) is 29.3 Å². The van der Waals surface area contributed by atoms with E-state index in [1.165, 1.54) is 23.8 Å². The maximum Gasteiger partial charge on any atom is 0.330 e. The Morgan fingerprint density at radius 1 is 1.14 bits per heavy atom. The molecule has 0 aliphatic rings. The molecule has 0 unspecified atom stereocenters. The summed E-state index contributed by atoms with van der Waals surface area (Å²) in [6.07, 6.45) is 4.28. The third-order valence-electron chi connectivity index (χ3n) is 2.77. The van der Waals surface area contributed by atoms with Crippen molar-refractivity contribution in [1.82, 2.24) is 4.57 Å². The van der Waals surface area contributed by atoms with Crippen molar-refractivity contribution in [2.75, 3.05) is 7.11 Å². The molecule has 0 saturated carbocycles. The Bertz CT molecular complexity index is 699. The van der Waals surface area contributed by atoms with Crippen LogP contribution in [0, 0.1) is 0 Å². The maximum absolute atomic E-state index is 12.5. The van der Waals surface area contributed by atoms with Crippen LogP contribution in [-0.4, -0.2) is 23.6 Å². The van der Waals surface area contributed by atoms with Gasteiger partial charge in [-0.3, -0.25) is 9.36 Å². The Kier molecular flexibility index (Phi) is 4.83. The van der Waals surface area contributed by atoms with Crippen LogP contribution in [0.3, 0.4) is 0 Å². The predicted molar refractivity (Wildman–Crippen MR) is 81.7 cm³/mol. The van der Waals surface area contributed by atoms with Gasteiger partial charge in [-0.15, -0.1) is 0 Å². The number of methoxy groups -OCH3 is 1. The van der Waals surface area contributed by atoms with Gasteiger partial charge in [-0.2, -0.15) is 0 Å². The maximum atomic E-state index is 12.5. The molecule has 0 atom stereocenters. The summed E-state index contributed by atoms with van der Waals surface area (Å²) in [6.45, 7) is 0. The van der Waals surface area contributed by atoms with E-state index in [1.807, 2.05) is 0 Å². The summed E-state index contributed by atoms with van der Waals surface area (Å²) in [5.41, 5.74) is 0.728. The SMILES string of the molecule is COC(=O)/C=C/c1cccn1C(=O)c1c(Cl)cccc1Cl. The van der Waals surface area contributed by atoms with E-state index in [9.17, 15) is 9.59 Å². The van der Waals surface area contributed by atoms with Crippen molar-refractivity contribution in [1.29, 1.82) is 0 Å². The minimum atomic E-state index is -0.508. The van der Waals surface area contributed by atoms with Crippen molar-refractivity contribution in [3.63, 3.8) is 0 Å². The minimum absolute atomic E-state index is 0.213. The van der Waals surface area contributed by atoms with E-state index in [1.54, 1.807) is 36.5 Å². The lowest BCUT2D eigenvalue weighted by atomic mass is 10.2. The van der Waals surface area contributed by atoms with E-state index in [0.717, 1.165) is 0 Å². The van der Waals surface area contributed by atoms with Gasteiger partial charge in [0.25, 0.3) is 5.91 Å². The van der Waals surface area contributed by atoms with Gasteiger partial charge in [0.05, 0.1) is 22.7 Å². The zero-order chi connectivity index (χ0) is 15.4. The number of halogens is 2. The summed E-state index contributed by atoms with van der Waals surface area (Å²) in [4.78, 5) is 23.6. The molecule has 1 heterocycles. The average molecular weight is 324 g/mol. The van der Waals surface area contributed by atoms with Crippen LogP contribution in [0.2, 0.25) is 10.0 Å². The molecule has 0 bridgehead atoms. The standard InChI is InChI=1S/C15H11Cl2NO3/c1-21-13(19)8-7-10-4-3-9-18(10)15(20)14-11(16)5-2-6-12(14)17/h2-9H,1H3/b8-7+. The Balaban J connectivity index is 2.40. The van der Waals surface area contributed by atoms with Crippen molar-refractivity contribution in [3.8, 4) is 0 Å². The molecule has 0 aliphatic heterocycles. The number of benzene rings is 1. The highest BCUT2D eigenvalue weighted by Gasteiger charge is 2.17. The van der Waals surface area contributed by atoms with E-state index in [4.69, 9.17) is 23.2 Å². The van der Waals surface area contributed by atoms with Gasteiger partial charge in [-0.05, 0) is 30.3 Å². The lowest BCUT2D eigenvalue weighted by Gasteiger charge is -2.08. The molecule has 0 spiro atoms. The molecule has 0 saturated heterocycles. The normalized spacial score (nSPS) is 10.8. The molecule has 21 heavy (non-hydrogen) atoms. The van der Waals surface area contributed by atoms with Crippen LogP contribution in [0.1, 0.15) is 16.1 Å². The van der Waals surface area contributed by atoms with E-state index in [-0.39, 0.29) is 21.5 Å². The molecule has 0 radical (unpaired) electrons. The number of esters is 1. The molecular weight excluding hydrogens is 313 g/mol. The van der Waals surface area contributed by atoms with Crippen LogP contribution in [0.25, 0.3) is 6.08 Å². The van der Waals surface area contributed by atoms with Crippen LogP contribution in [-0.2, 0) is 9.53 Å². The Labute approximate surface area is 131 Å². The lowest BCUT2D eigenvalue weighted by molar-refractivity contribution is -0.134. The van der Waals surface area contributed by atoms with Crippen LogP contribution >= 0.6 is 23.2 Å². The predicted octanol–water partition coefficient (Wildman–Crippen LogP) is 3.67. The molecular formula is C15H11Cl2NO3. The monoisotopic (exact) mass is 323 g/mol. The van der Waals surface area contributed by atoms with Crippen LogP contribution < -0.4 is 0 Å². The van der Waals surface area contributed by atoms with E-state index < -0.39 is 5.97 Å². The first-order chi connectivity index (χ1) is 10.0. The fourth-order valence-corrected chi connectivity index (χ4v) is 2.32. The highest BCUT2D eigenvalue weighted by atomic mass is 35.5. The van der Waals surface area contributed by atoms with Gasteiger partial charge in [0.15, 0.2) is 0 Å². The molecule has 6 heteroatoms. The van der Waals surface area contributed by atoms with Crippen molar-refractivity contribution in [2.24, 2.45) is 0 Å². The van der Waals surface area contributed by atoms with Gasteiger partial charge in [-0.25, -0.2) is 4.79 Å². The second kappa shape index (κ2) is 6.61. The number of rotatable bonds is 3. The van der Waals surface area contributed by atoms with E-state index in [0.29, 0.717) is 5.69 Å². The Hall–Kier alpha value is -2.04. The third kappa shape index (κ3) is 3.35. The molecule has 2 aromatic rings. The number of ether oxygens (including phenoxy) is 1. The quantitative estimate of drug-likeness (QED) is 0.639. The molecule has 2 rings (SSSR count). The third-order valence-corrected chi connectivity index (χ3v) is 3.40. The minimum Gasteiger partial charge on any atom is -0.466 e. The fourth-order valence-electron chi connectivity index (χ4n) is 1.76. The summed E-state index contributed by atoms with van der Waals surface area (Å²) in [5, 5.41) is 0.535. The Morgan fingerprint density at radius 2 is 1.81 bits per heavy atom. The zero-order valence-electron chi connectivity index (χ0n) is 11.0. The van der Waals surface area contributed by atoms with Crippen molar-refractivity contribution < 1.29 is 14.3 Å².